The molecule has 0 aromatic carbocycles. The Kier molecular flexibility index (Phi) is 4.45. The maximum Gasteiger partial charge on any atom is 0.252 e. The molecule has 6 heteroatoms. The van der Waals surface area contributed by atoms with Gasteiger partial charge < -0.3 is 0 Å². The molecule has 0 N–H and O–H groups in total. The highest BCUT2D eigenvalue weighted by Gasteiger charge is 2.31. The van der Waals surface area contributed by atoms with Gasteiger partial charge in [0.25, 0.3) is 10.0 Å². The predicted molar refractivity (Wildman–Crippen MR) is 81.5 cm³/mol. The smallest absolute Gasteiger partial charge is 0.252 e. The first kappa shape index (κ1) is 14.5. The first-order valence-electron chi connectivity index (χ1n) is 7.45. The summed E-state index contributed by atoms with van der Waals surface area (Å²) in [5.74, 6) is 0. The molecule has 1 aromatic rings. The lowest BCUT2D eigenvalue weighted by molar-refractivity contribution is 0.111. The Morgan fingerprint density at radius 2 is 1.75 bits per heavy atom. The average Bonchev–Trinajstić information content (AvgIpc) is 3.03. The summed E-state index contributed by atoms with van der Waals surface area (Å²) in [5.41, 5.74) is 0. The third-order valence-electron chi connectivity index (χ3n) is 4.45. The zero-order valence-corrected chi connectivity index (χ0v) is 13.3. The van der Waals surface area contributed by atoms with E-state index in [9.17, 15) is 8.42 Å². The van der Waals surface area contributed by atoms with E-state index in [2.05, 4.69) is 4.90 Å². The molecule has 2 aliphatic rings. The summed E-state index contributed by atoms with van der Waals surface area (Å²) in [6, 6.07) is 4.19. The highest BCUT2D eigenvalue weighted by Crippen LogP contribution is 2.26. The Hall–Kier alpha value is -0.430. The van der Waals surface area contributed by atoms with E-state index in [0.717, 1.165) is 13.1 Å². The molecule has 0 amide bonds. The molecule has 112 valence electrons. The molecule has 0 spiro atoms. The summed E-state index contributed by atoms with van der Waals surface area (Å²) in [4.78, 5) is 2.50. The van der Waals surface area contributed by atoms with E-state index in [1.807, 2.05) is 5.38 Å². The van der Waals surface area contributed by atoms with Crippen molar-refractivity contribution >= 4 is 21.4 Å². The molecule has 1 aliphatic carbocycles. The van der Waals surface area contributed by atoms with Crippen LogP contribution in [0.5, 0.6) is 0 Å². The van der Waals surface area contributed by atoms with E-state index in [0.29, 0.717) is 23.3 Å². The van der Waals surface area contributed by atoms with Crippen LogP contribution >= 0.6 is 11.3 Å². The van der Waals surface area contributed by atoms with E-state index in [1.54, 1.807) is 16.4 Å². The van der Waals surface area contributed by atoms with Crippen LogP contribution in [-0.2, 0) is 10.0 Å². The minimum absolute atomic E-state index is 0.476. The highest BCUT2D eigenvalue weighted by atomic mass is 32.2. The van der Waals surface area contributed by atoms with Crippen LogP contribution < -0.4 is 0 Å². The van der Waals surface area contributed by atoms with Crippen molar-refractivity contribution in [1.82, 2.24) is 9.21 Å². The van der Waals surface area contributed by atoms with Crippen molar-refractivity contribution in [1.29, 1.82) is 0 Å². The molecule has 4 nitrogen and oxygen atoms in total. The Bertz CT molecular complexity index is 513. The molecular weight excluding hydrogens is 292 g/mol. The Morgan fingerprint density at radius 3 is 2.35 bits per heavy atom. The summed E-state index contributed by atoms with van der Waals surface area (Å²) >= 11 is 1.31. The normalized spacial score (nSPS) is 24.0. The molecule has 3 rings (SSSR count). The molecule has 20 heavy (non-hydrogen) atoms. The van der Waals surface area contributed by atoms with Crippen LogP contribution in [0.3, 0.4) is 0 Å². The van der Waals surface area contributed by atoms with E-state index in [-0.39, 0.29) is 0 Å². The molecule has 0 bridgehead atoms. The molecule has 1 saturated heterocycles. The molecule has 2 heterocycles. The maximum absolute atomic E-state index is 12.4. The van der Waals surface area contributed by atoms with Crippen molar-refractivity contribution < 1.29 is 8.42 Å². The van der Waals surface area contributed by atoms with Gasteiger partial charge in [0.1, 0.15) is 4.21 Å². The second kappa shape index (κ2) is 6.13. The van der Waals surface area contributed by atoms with E-state index in [1.165, 1.54) is 43.4 Å². The SMILES string of the molecule is O=S(=O)(c1cccs1)N1CCN(C2CCCCC2)CC1. The van der Waals surface area contributed by atoms with Crippen molar-refractivity contribution in [3.63, 3.8) is 0 Å². The topological polar surface area (TPSA) is 40.6 Å². The second-order valence-electron chi connectivity index (χ2n) is 5.66. The van der Waals surface area contributed by atoms with Crippen LogP contribution in [0.4, 0.5) is 0 Å². The first-order valence-corrected chi connectivity index (χ1v) is 9.77. The van der Waals surface area contributed by atoms with E-state index < -0.39 is 10.0 Å². The number of thiophene rings is 1. The molecular formula is C14H22N2O2S2. The summed E-state index contributed by atoms with van der Waals surface area (Å²) in [7, 11) is -3.25. The molecule has 1 aromatic heterocycles. The van der Waals surface area contributed by atoms with Crippen molar-refractivity contribution in [2.45, 2.75) is 42.4 Å². The zero-order chi connectivity index (χ0) is 14.0. The standard InChI is InChI=1S/C14H22N2O2S2/c17-20(18,14-7-4-12-19-14)16-10-8-15(9-11-16)13-5-2-1-3-6-13/h4,7,12-13H,1-3,5-6,8-11H2. The maximum atomic E-state index is 12.4. The van der Waals surface area contributed by atoms with Gasteiger partial charge in [0, 0.05) is 32.2 Å². The van der Waals surface area contributed by atoms with Crippen LogP contribution in [0.15, 0.2) is 21.7 Å². The number of nitrogens with zero attached hydrogens (tertiary/aromatic N) is 2. The van der Waals surface area contributed by atoms with Gasteiger partial charge in [0.05, 0.1) is 0 Å². The third kappa shape index (κ3) is 2.93. The van der Waals surface area contributed by atoms with Crippen LogP contribution in [0.1, 0.15) is 32.1 Å². The van der Waals surface area contributed by atoms with Gasteiger partial charge >= 0.3 is 0 Å². The molecule has 0 radical (unpaired) electrons. The lowest BCUT2D eigenvalue weighted by atomic mass is 9.94. The van der Waals surface area contributed by atoms with Crippen molar-refractivity contribution in [2.75, 3.05) is 26.2 Å². The lowest BCUT2D eigenvalue weighted by Gasteiger charge is -2.40. The Morgan fingerprint density at radius 1 is 1.05 bits per heavy atom. The minimum atomic E-state index is -3.25. The van der Waals surface area contributed by atoms with Gasteiger partial charge in [-0.1, -0.05) is 25.3 Å². The molecule has 2 fully saturated rings. The zero-order valence-electron chi connectivity index (χ0n) is 11.7. The van der Waals surface area contributed by atoms with Crippen molar-refractivity contribution in [3.8, 4) is 0 Å². The summed E-state index contributed by atoms with van der Waals surface area (Å²) in [6.45, 7) is 3.04. The van der Waals surface area contributed by atoms with Crippen LogP contribution in [0.2, 0.25) is 0 Å². The fourth-order valence-electron chi connectivity index (χ4n) is 3.29. The average molecular weight is 314 g/mol. The van der Waals surface area contributed by atoms with Crippen molar-refractivity contribution in [2.24, 2.45) is 0 Å². The molecule has 1 aliphatic heterocycles. The van der Waals surface area contributed by atoms with E-state index >= 15 is 0 Å². The molecule has 0 unspecified atom stereocenters. The minimum Gasteiger partial charge on any atom is -0.298 e. The summed E-state index contributed by atoms with van der Waals surface area (Å²) < 4.78 is 27.0. The lowest BCUT2D eigenvalue weighted by Crippen LogP contribution is -2.52. The number of sulfonamides is 1. The number of piperazine rings is 1. The molecule has 0 atom stereocenters. The van der Waals surface area contributed by atoms with Gasteiger partial charge in [-0.2, -0.15) is 4.31 Å². The third-order valence-corrected chi connectivity index (χ3v) is 7.73. The fourth-order valence-corrected chi connectivity index (χ4v) is 5.86. The van der Waals surface area contributed by atoms with Crippen LogP contribution in [0, 0.1) is 0 Å². The fraction of sp³-hybridized carbons (Fsp3) is 0.714. The quantitative estimate of drug-likeness (QED) is 0.860. The number of hydrogen-bond acceptors (Lipinski definition) is 4. The van der Waals surface area contributed by atoms with Gasteiger partial charge in [0.15, 0.2) is 0 Å². The monoisotopic (exact) mass is 314 g/mol. The second-order valence-corrected chi connectivity index (χ2v) is 8.78. The van der Waals surface area contributed by atoms with Crippen molar-refractivity contribution in [3.05, 3.63) is 17.5 Å². The Labute approximate surface area is 125 Å². The number of hydrogen-bond donors (Lipinski definition) is 0. The predicted octanol–water partition coefficient (Wildman–Crippen LogP) is 2.39. The summed E-state index contributed by atoms with van der Waals surface area (Å²) in [6.07, 6.45) is 6.61. The summed E-state index contributed by atoms with van der Waals surface area (Å²) in [5, 5.41) is 1.82. The van der Waals surface area contributed by atoms with Gasteiger partial charge in [-0.05, 0) is 24.3 Å². The van der Waals surface area contributed by atoms with Crippen LogP contribution in [0.25, 0.3) is 0 Å². The molecule has 1 saturated carbocycles. The number of rotatable bonds is 3. The van der Waals surface area contributed by atoms with Gasteiger partial charge in [0.2, 0.25) is 0 Å². The van der Waals surface area contributed by atoms with Gasteiger partial charge in [-0.3, -0.25) is 4.90 Å². The highest BCUT2D eigenvalue weighted by molar-refractivity contribution is 7.91. The van der Waals surface area contributed by atoms with Gasteiger partial charge in [-0.15, -0.1) is 11.3 Å². The first-order chi connectivity index (χ1) is 9.68. The Balaban J connectivity index is 1.61. The van der Waals surface area contributed by atoms with Gasteiger partial charge in [-0.25, -0.2) is 8.42 Å². The largest absolute Gasteiger partial charge is 0.298 e. The van der Waals surface area contributed by atoms with E-state index in [4.69, 9.17) is 0 Å². The van der Waals surface area contributed by atoms with Crippen LogP contribution in [-0.4, -0.2) is 49.8 Å².